The molecule has 84 valence electrons. The van der Waals surface area contributed by atoms with E-state index in [0.717, 1.165) is 10.0 Å². The molecule has 1 aromatic carbocycles. The first-order valence-electron chi connectivity index (χ1n) is 5.06. The molecule has 1 rings (SSSR count). The van der Waals surface area contributed by atoms with Gasteiger partial charge in [-0.05, 0) is 32.4 Å². The molecule has 1 unspecified atom stereocenters. The van der Waals surface area contributed by atoms with Crippen LogP contribution in [0.2, 0.25) is 0 Å². The smallest absolute Gasteiger partial charge is 0.0965 e. The van der Waals surface area contributed by atoms with Crippen LogP contribution in [0, 0.1) is 0 Å². The van der Waals surface area contributed by atoms with Gasteiger partial charge in [0.2, 0.25) is 0 Å². The largest absolute Gasteiger partial charge is 0.367 e. The van der Waals surface area contributed by atoms with E-state index in [1.54, 1.807) is 0 Å². The van der Waals surface area contributed by atoms with Gasteiger partial charge in [-0.1, -0.05) is 34.1 Å². The topological polar surface area (TPSA) is 35.2 Å². The van der Waals surface area contributed by atoms with Crippen molar-refractivity contribution < 1.29 is 4.74 Å². The number of benzene rings is 1. The van der Waals surface area contributed by atoms with Gasteiger partial charge in [-0.2, -0.15) is 0 Å². The number of hydrogen-bond donors (Lipinski definition) is 1. The monoisotopic (exact) mass is 271 g/mol. The van der Waals surface area contributed by atoms with Crippen LogP contribution >= 0.6 is 15.9 Å². The molecule has 2 nitrogen and oxygen atoms in total. The Kier molecular flexibility index (Phi) is 4.32. The van der Waals surface area contributed by atoms with Gasteiger partial charge in [-0.25, -0.2) is 0 Å². The van der Waals surface area contributed by atoms with E-state index in [1.807, 2.05) is 45.0 Å². The van der Waals surface area contributed by atoms with Gasteiger partial charge < -0.3 is 10.5 Å². The fraction of sp³-hybridized carbons (Fsp3) is 0.500. The lowest BCUT2D eigenvalue weighted by Gasteiger charge is -2.27. The van der Waals surface area contributed by atoms with E-state index in [4.69, 9.17) is 10.5 Å². The van der Waals surface area contributed by atoms with Crippen molar-refractivity contribution in [1.82, 2.24) is 0 Å². The maximum atomic E-state index is 5.90. The van der Waals surface area contributed by atoms with Crippen LogP contribution in [-0.2, 0) is 4.74 Å². The number of rotatable bonds is 3. The lowest BCUT2D eigenvalue weighted by atomic mass is 10.1. The van der Waals surface area contributed by atoms with Gasteiger partial charge in [0.25, 0.3) is 0 Å². The third-order valence-electron chi connectivity index (χ3n) is 1.96. The Hall–Kier alpha value is -0.380. The van der Waals surface area contributed by atoms with Crippen LogP contribution in [0.3, 0.4) is 0 Å². The third-order valence-corrected chi connectivity index (χ3v) is 2.68. The molecule has 3 heteroatoms. The Morgan fingerprint density at radius 3 is 2.40 bits per heavy atom. The summed E-state index contributed by atoms with van der Waals surface area (Å²) in [5, 5.41) is 0. The Morgan fingerprint density at radius 2 is 1.93 bits per heavy atom. The second-order valence-corrected chi connectivity index (χ2v) is 5.33. The quantitative estimate of drug-likeness (QED) is 0.916. The standard InChI is InChI=1S/C12H18BrNO/c1-12(2,3)15-11(8-14)9-6-4-5-7-10(9)13/h4-7,11H,8,14H2,1-3H3. The van der Waals surface area contributed by atoms with Crippen LogP contribution in [0.4, 0.5) is 0 Å². The molecular formula is C12H18BrNO. The Morgan fingerprint density at radius 1 is 1.33 bits per heavy atom. The zero-order valence-corrected chi connectivity index (χ0v) is 11.0. The van der Waals surface area contributed by atoms with Crippen LogP contribution in [0.1, 0.15) is 32.4 Å². The minimum Gasteiger partial charge on any atom is -0.367 e. The normalized spacial score (nSPS) is 13.9. The molecule has 15 heavy (non-hydrogen) atoms. The molecule has 2 N–H and O–H groups in total. The van der Waals surface area contributed by atoms with E-state index in [0.29, 0.717) is 6.54 Å². The van der Waals surface area contributed by atoms with E-state index in [1.165, 1.54) is 0 Å². The molecule has 0 spiro atoms. The summed E-state index contributed by atoms with van der Waals surface area (Å²) in [6.45, 7) is 6.59. The highest BCUT2D eigenvalue weighted by Gasteiger charge is 2.20. The van der Waals surface area contributed by atoms with Gasteiger partial charge in [-0.15, -0.1) is 0 Å². The summed E-state index contributed by atoms with van der Waals surface area (Å²) < 4.78 is 6.94. The minimum absolute atomic E-state index is 0.0550. The van der Waals surface area contributed by atoms with Crippen molar-refractivity contribution in [2.24, 2.45) is 5.73 Å². The van der Waals surface area contributed by atoms with Crippen molar-refractivity contribution in [3.63, 3.8) is 0 Å². The van der Waals surface area contributed by atoms with Crippen LogP contribution in [0.25, 0.3) is 0 Å². The number of halogens is 1. The average Bonchev–Trinajstić information content (AvgIpc) is 2.14. The van der Waals surface area contributed by atoms with E-state index >= 15 is 0 Å². The first kappa shape index (κ1) is 12.7. The minimum atomic E-state index is -0.181. The second-order valence-electron chi connectivity index (χ2n) is 4.48. The summed E-state index contributed by atoms with van der Waals surface area (Å²) in [7, 11) is 0. The van der Waals surface area contributed by atoms with Gasteiger partial charge in [0.1, 0.15) is 0 Å². The van der Waals surface area contributed by atoms with Crippen LogP contribution in [0.5, 0.6) is 0 Å². The SMILES string of the molecule is CC(C)(C)OC(CN)c1ccccc1Br. The summed E-state index contributed by atoms with van der Waals surface area (Å²) in [4.78, 5) is 0. The second kappa shape index (κ2) is 5.10. The highest BCUT2D eigenvalue weighted by atomic mass is 79.9. The lowest BCUT2D eigenvalue weighted by molar-refractivity contribution is -0.0575. The van der Waals surface area contributed by atoms with Crippen molar-refractivity contribution >= 4 is 15.9 Å². The molecule has 1 atom stereocenters. The zero-order chi connectivity index (χ0) is 11.5. The van der Waals surface area contributed by atoms with Gasteiger partial charge in [0.05, 0.1) is 11.7 Å². The zero-order valence-electron chi connectivity index (χ0n) is 9.46. The van der Waals surface area contributed by atoms with E-state index in [-0.39, 0.29) is 11.7 Å². The summed E-state index contributed by atoms with van der Waals surface area (Å²) in [6.07, 6.45) is -0.0550. The summed E-state index contributed by atoms with van der Waals surface area (Å²) in [5.41, 5.74) is 6.66. The molecule has 0 aromatic heterocycles. The Bertz CT molecular complexity index is 320. The molecule has 0 heterocycles. The predicted octanol–water partition coefficient (Wildman–Crippen LogP) is 3.26. The highest BCUT2D eigenvalue weighted by Crippen LogP contribution is 2.28. The van der Waals surface area contributed by atoms with Crippen LogP contribution in [0.15, 0.2) is 28.7 Å². The predicted molar refractivity (Wildman–Crippen MR) is 66.8 cm³/mol. The van der Waals surface area contributed by atoms with Gasteiger partial charge >= 0.3 is 0 Å². The third kappa shape index (κ3) is 3.93. The van der Waals surface area contributed by atoms with Crippen molar-refractivity contribution in [3.8, 4) is 0 Å². The molecule has 0 saturated carbocycles. The maximum Gasteiger partial charge on any atom is 0.0965 e. The molecule has 0 radical (unpaired) electrons. The molecular weight excluding hydrogens is 254 g/mol. The molecule has 0 aliphatic heterocycles. The van der Waals surface area contributed by atoms with E-state index in [9.17, 15) is 0 Å². The van der Waals surface area contributed by atoms with E-state index in [2.05, 4.69) is 15.9 Å². The van der Waals surface area contributed by atoms with Crippen molar-refractivity contribution in [3.05, 3.63) is 34.3 Å². The number of ether oxygens (including phenoxy) is 1. The molecule has 0 saturated heterocycles. The molecule has 0 aliphatic rings. The first-order valence-corrected chi connectivity index (χ1v) is 5.85. The van der Waals surface area contributed by atoms with Gasteiger partial charge in [0, 0.05) is 11.0 Å². The van der Waals surface area contributed by atoms with Crippen molar-refractivity contribution in [1.29, 1.82) is 0 Å². The van der Waals surface area contributed by atoms with Crippen LogP contribution in [-0.4, -0.2) is 12.1 Å². The molecule has 0 aliphatic carbocycles. The molecule has 0 bridgehead atoms. The van der Waals surface area contributed by atoms with Crippen molar-refractivity contribution in [2.45, 2.75) is 32.5 Å². The fourth-order valence-electron chi connectivity index (χ4n) is 1.40. The Balaban J connectivity index is 2.88. The maximum absolute atomic E-state index is 5.90. The van der Waals surface area contributed by atoms with Gasteiger partial charge in [-0.3, -0.25) is 0 Å². The number of nitrogens with two attached hydrogens (primary N) is 1. The van der Waals surface area contributed by atoms with Gasteiger partial charge in [0.15, 0.2) is 0 Å². The average molecular weight is 272 g/mol. The highest BCUT2D eigenvalue weighted by molar-refractivity contribution is 9.10. The van der Waals surface area contributed by atoms with Crippen LogP contribution < -0.4 is 5.73 Å². The summed E-state index contributed by atoms with van der Waals surface area (Å²) in [6, 6.07) is 8.02. The Labute approximate surface area is 99.9 Å². The fourth-order valence-corrected chi connectivity index (χ4v) is 1.94. The first-order chi connectivity index (χ1) is 6.94. The molecule has 0 fully saturated rings. The number of hydrogen-bond acceptors (Lipinski definition) is 2. The summed E-state index contributed by atoms with van der Waals surface area (Å²) in [5.74, 6) is 0. The van der Waals surface area contributed by atoms with E-state index < -0.39 is 0 Å². The molecule has 1 aromatic rings. The van der Waals surface area contributed by atoms with Crippen molar-refractivity contribution in [2.75, 3.05) is 6.54 Å². The lowest BCUT2D eigenvalue weighted by Crippen LogP contribution is -2.27. The summed E-state index contributed by atoms with van der Waals surface area (Å²) >= 11 is 3.51. The molecule has 0 amide bonds.